The van der Waals surface area contributed by atoms with Crippen molar-refractivity contribution >= 4 is 8.56 Å². The average Bonchev–Trinajstić information content (AvgIpc) is 2.13. The molecule has 0 aliphatic carbocycles. The van der Waals surface area contributed by atoms with E-state index >= 15 is 0 Å². The van der Waals surface area contributed by atoms with Crippen molar-refractivity contribution in [3.63, 3.8) is 0 Å². The lowest BCUT2D eigenvalue weighted by Gasteiger charge is -2.23. The van der Waals surface area contributed by atoms with E-state index in [0.29, 0.717) is 12.7 Å². The fourth-order valence-electron chi connectivity index (χ4n) is 0.567. The van der Waals surface area contributed by atoms with Crippen molar-refractivity contribution in [2.75, 3.05) is 20.4 Å². The molecule has 0 bridgehead atoms. The normalized spacial score (nSPS) is 14.8. The van der Waals surface area contributed by atoms with E-state index in [2.05, 4.69) is 0 Å². The van der Waals surface area contributed by atoms with Crippen LogP contribution in [0.4, 0.5) is 0 Å². The Morgan fingerprint density at radius 2 is 1.83 bits per heavy atom. The summed E-state index contributed by atoms with van der Waals surface area (Å²) < 4.78 is 15.4. The molecule has 0 aliphatic heterocycles. The monoisotopic (exact) mass is 194 g/mol. The summed E-state index contributed by atoms with van der Waals surface area (Å²) in [6.07, 6.45) is 0.231. The van der Waals surface area contributed by atoms with Gasteiger partial charge in [0, 0.05) is 14.2 Å². The van der Waals surface area contributed by atoms with Crippen LogP contribution in [0.1, 0.15) is 13.3 Å². The topological polar surface area (TPSA) is 47.9 Å². The van der Waals surface area contributed by atoms with Crippen molar-refractivity contribution in [2.45, 2.75) is 26.2 Å². The van der Waals surface area contributed by atoms with E-state index in [9.17, 15) is 0 Å². The Labute approximate surface area is 74.7 Å². The highest BCUT2D eigenvalue weighted by Crippen LogP contribution is 2.06. The molecule has 0 aromatic carbocycles. The number of rotatable bonds is 6. The van der Waals surface area contributed by atoms with Crippen LogP contribution in [0.5, 0.6) is 0 Å². The molecule has 0 amide bonds. The third kappa shape index (κ3) is 4.17. The lowest BCUT2D eigenvalue weighted by Crippen LogP contribution is -2.43. The van der Waals surface area contributed by atoms with Crippen LogP contribution in [-0.2, 0) is 13.6 Å². The molecule has 5 heteroatoms. The Morgan fingerprint density at radius 3 is 2.17 bits per heavy atom. The molecule has 4 nitrogen and oxygen atoms in total. The van der Waals surface area contributed by atoms with Crippen LogP contribution >= 0.6 is 0 Å². The first-order valence-electron chi connectivity index (χ1n) is 3.98. The lowest BCUT2D eigenvalue weighted by atomic mass is 10.5. The van der Waals surface area contributed by atoms with Crippen LogP contribution in [0.2, 0.25) is 6.55 Å². The van der Waals surface area contributed by atoms with Gasteiger partial charge in [-0.1, -0.05) is 6.92 Å². The van der Waals surface area contributed by atoms with Gasteiger partial charge in [-0.25, -0.2) is 0 Å². The summed E-state index contributed by atoms with van der Waals surface area (Å²) >= 11 is 0. The minimum atomic E-state index is -2.16. The van der Waals surface area contributed by atoms with Crippen molar-refractivity contribution in [1.82, 2.24) is 0 Å². The molecule has 0 fully saturated rings. The summed E-state index contributed by atoms with van der Waals surface area (Å²) in [5.74, 6) is 0. The molecule has 0 heterocycles. The van der Waals surface area contributed by atoms with Gasteiger partial charge in [-0.2, -0.15) is 0 Å². The van der Waals surface area contributed by atoms with E-state index < -0.39 is 14.9 Å². The summed E-state index contributed by atoms with van der Waals surface area (Å²) in [4.78, 5) is 0. The average molecular weight is 194 g/mol. The number of hydrogen-bond donors (Lipinski definition) is 1. The molecule has 0 aliphatic rings. The fourth-order valence-corrected chi connectivity index (χ4v) is 1.46. The standard InChI is InChI=1S/C7H18O4Si/c1-5-7(8)11-6-12(4,9-2)10-3/h7-8H,5-6H2,1-4H3. The Bertz CT molecular complexity index is 116. The zero-order valence-corrected chi connectivity index (χ0v) is 9.16. The van der Waals surface area contributed by atoms with Gasteiger partial charge in [0.2, 0.25) is 0 Å². The second-order valence-electron chi connectivity index (χ2n) is 2.72. The molecule has 74 valence electrons. The number of hydrogen-bond acceptors (Lipinski definition) is 4. The maximum Gasteiger partial charge on any atom is 0.361 e. The quantitative estimate of drug-likeness (QED) is 0.498. The Balaban J connectivity index is 3.72. The second-order valence-corrected chi connectivity index (χ2v) is 6.09. The Morgan fingerprint density at radius 1 is 1.33 bits per heavy atom. The van der Waals surface area contributed by atoms with Crippen molar-refractivity contribution in [3.05, 3.63) is 0 Å². The second kappa shape index (κ2) is 5.66. The van der Waals surface area contributed by atoms with E-state index in [0.717, 1.165) is 0 Å². The number of ether oxygens (including phenoxy) is 1. The molecule has 1 N–H and O–H groups in total. The van der Waals surface area contributed by atoms with Gasteiger partial charge in [-0.05, 0) is 13.0 Å². The van der Waals surface area contributed by atoms with Crippen molar-refractivity contribution < 1.29 is 18.7 Å². The summed E-state index contributed by atoms with van der Waals surface area (Å²) in [6.45, 7) is 3.73. The lowest BCUT2D eigenvalue weighted by molar-refractivity contribution is -0.0919. The SMILES string of the molecule is CCC(O)OC[Si](C)(OC)OC. The summed E-state index contributed by atoms with van der Waals surface area (Å²) in [5, 5.41) is 9.10. The molecular formula is C7H18O4Si. The van der Waals surface area contributed by atoms with Crippen LogP contribution in [0.25, 0.3) is 0 Å². The number of aliphatic hydroxyl groups is 1. The highest BCUT2D eigenvalue weighted by atomic mass is 28.4. The van der Waals surface area contributed by atoms with Crippen LogP contribution in [0, 0.1) is 0 Å². The van der Waals surface area contributed by atoms with Gasteiger partial charge in [-0.3, -0.25) is 0 Å². The minimum Gasteiger partial charge on any atom is -0.396 e. The highest BCUT2D eigenvalue weighted by molar-refractivity contribution is 6.65. The van der Waals surface area contributed by atoms with Crippen LogP contribution in [0.15, 0.2) is 0 Å². The zero-order valence-electron chi connectivity index (χ0n) is 8.16. The number of aliphatic hydroxyl groups excluding tert-OH is 1. The van der Waals surface area contributed by atoms with E-state index in [1.54, 1.807) is 14.2 Å². The molecular weight excluding hydrogens is 176 g/mol. The molecule has 1 atom stereocenters. The molecule has 12 heavy (non-hydrogen) atoms. The third-order valence-corrected chi connectivity index (χ3v) is 4.17. The summed E-state index contributed by atoms with van der Waals surface area (Å²) in [7, 11) is 1.03. The summed E-state index contributed by atoms with van der Waals surface area (Å²) in [5.41, 5.74) is 0. The maximum absolute atomic E-state index is 9.10. The van der Waals surface area contributed by atoms with Gasteiger partial charge in [0.15, 0.2) is 6.29 Å². The third-order valence-electron chi connectivity index (χ3n) is 1.75. The van der Waals surface area contributed by atoms with Crippen LogP contribution in [-0.4, -0.2) is 40.4 Å². The molecule has 0 rings (SSSR count). The van der Waals surface area contributed by atoms with E-state index in [1.807, 2.05) is 13.5 Å². The van der Waals surface area contributed by atoms with E-state index in [1.165, 1.54) is 0 Å². The predicted octanol–water partition coefficient (Wildman–Crippen LogP) is 0.635. The molecule has 0 saturated carbocycles. The first kappa shape index (κ1) is 12.1. The van der Waals surface area contributed by atoms with Crippen molar-refractivity contribution in [3.8, 4) is 0 Å². The van der Waals surface area contributed by atoms with Crippen molar-refractivity contribution in [2.24, 2.45) is 0 Å². The van der Waals surface area contributed by atoms with Gasteiger partial charge < -0.3 is 18.7 Å². The highest BCUT2D eigenvalue weighted by Gasteiger charge is 2.30. The largest absolute Gasteiger partial charge is 0.396 e. The molecule has 0 aromatic heterocycles. The van der Waals surface area contributed by atoms with Crippen LogP contribution in [0.3, 0.4) is 0 Å². The van der Waals surface area contributed by atoms with Gasteiger partial charge in [-0.15, -0.1) is 0 Å². The minimum absolute atomic E-state index is 0.356. The summed E-state index contributed by atoms with van der Waals surface area (Å²) in [6, 6.07) is 0. The van der Waals surface area contributed by atoms with E-state index in [4.69, 9.17) is 18.7 Å². The fraction of sp³-hybridized carbons (Fsp3) is 1.00. The molecule has 0 spiro atoms. The van der Waals surface area contributed by atoms with Crippen molar-refractivity contribution in [1.29, 1.82) is 0 Å². The molecule has 0 saturated heterocycles. The Kier molecular flexibility index (Phi) is 5.69. The first-order chi connectivity index (χ1) is 5.58. The molecule has 0 radical (unpaired) electrons. The molecule has 1 unspecified atom stereocenters. The van der Waals surface area contributed by atoms with Gasteiger partial charge in [0.1, 0.15) is 0 Å². The van der Waals surface area contributed by atoms with E-state index in [-0.39, 0.29) is 0 Å². The maximum atomic E-state index is 9.10. The smallest absolute Gasteiger partial charge is 0.361 e. The Hall–Kier alpha value is 0.0569. The van der Waals surface area contributed by atoms with Crippen LogP contribution < -0.4 is 0 Å². The zero-order chi connectivity index (χ0) is 9.61. The van der Waals surface area contributed by atoms with Gasteiger partial charge in [0.05, 0.1) is 6.23 Å². The first-order valence-corrected chi connectivity index (χ1v) is 6.50. The van der Waals surface area contributed by atoms with Gasteiger partial charge >= 0.3 is 8.56 Å². The molecule has 0 aromatic rings. The van der Waals surface area contributed by atoms with Gasteiger partial charge in [0.25, 0.3) is 0 Å². The predicted molar refractivity (Wildman–Crippen MR) is 47.9 cm³/mol.